The molecular formula is C44H50BBrN14O4. The van der Waals surface area contributed by atoms with Crippen molar-refractivity contribution >= 4 is 86.8 Å². The molecule has 18 nitrogen and oxygen atoms in total. The van der Waals surface area contributed by atoms with Gasteiger partial charge in [0.25, 0.3) is 0 Å². The van der Waals surface area contributed by atoms with Crippen molar-refractivity contribution in [2.45, 2.75) is 38.9 Å². The molecule has 0 aliphatic carbocycles. The second kappa shape index (κ2) is 18.4. The van der Waals surface area contributed by atoms with Crippen molar-refractivity contribution in [1.82, 2.24) is 48.3 Å². The smallest absolute Gasteiger partial charge is 0.399 e. The van der Waals surface area contributed by atoms with Gasteiger partial charge in [-0.2, -0.15) is 10.2 Å². The van der Waals surface area contributed by atoms with Gasteiger partial charge in [0.05, 0.1) is 29.3 Å². The number of imidazole rings is 2. The van der Waals surface area contributed by atoms with Gasteiger partial charge in [-0.25, -0.2) is 19.9 Å². The SMILES string of the molecule is CN(C)c1cccc(Nc2nccn3c(-c4cn(C)nc4C=O)cnc23)c1.CN(C)c1cccc(Nc2nccn3c(Br)cnc23)c1.Cn1cc(B2OC(C)(C)C(C)(C)O2)c(C=O)n1. The second-order valence-corrected chi connectivity index (χ2v) is 17.2. The Hall–Kier alpha value is -6.90. The van der Waals surface area contributed by atoms with E-state index in [1.54, 1.807) is 60.6 Å². The Morgan fingerprint density at radius 2 is 1.19 bits per heavy atom. The molecule has 0 saturated carbocycles. The van der Waals surface area contributed by atoms with Gasteiger partial charge >= 0.3 is 7.12 Å². The molecule has 0 spiro atoms. The monoisotopic (exact) mass is 928 g/mol. The van der Waals surface area contributed by atoms with Crippen LogP contribution in [-0.4, -0.2) is 107 Å². The fraction of sp³-hybridized carbons (Fsp3) is 0.273. The molecule has 1 fully saturated rings. The zero-order valence-corrected chi connectivity index (χ0v) is 38.9. The second-order valence-electron chi connectivity index (χ2n) is 16.4. The van der Waals surface area contributed by atoms with Gasteiger partial charge in [0.1, 0.15) is 16.0 Å². The molecule has 1 saturated heterocycles. The van der Waals surface area contributed by atoms with Crippen molar-refractivity contribution < 1.29 is 18.9 Å². The minimum Gasteiger partial charge on any atom is -0.399 e. The summed E-state index contributed by atoms with van der Waals surface area (Å²) in [6.07, 6.45) is 15.7. The Balaban J connectivity index is 0.000000148. The van der Waals surface area contributed by atoms with Gasteiger partial charge in [0.15, 0.2) is 35.5 Å². The standard InChI is InChI=1S/C19H19N7O.C14H14BrN5.C11H17BN2O3/c1-24(2)14-6-4-5-13(9-14)22-18-19-21-10-17(26(19)8-7-20-18)15-11-25(3)23-16(15)12-27;1-19(2)11-5-3-4-10(8-11)18-13-14-17-9-12(15)20(14)7-6-16-13;1-10(2)11(3,4)17-12(16-10)8-6-14(5)13-9(8)7-15/h4-12H,1-3H3,(H,20,22);3-9H,1-2H3,(H,16,18);6-7H,1-5H3. The number of carbonyl (C=O) groups excluding carboxylic acids is 2. The summed E-state index contributed by atoms with van der Waals surface area (Å²) in [5.41, 5.74) is 7.70. The fourth-order valence-electron chi connectivity index (χ4n) is 6.74. The number of halogens is 1. The summed E-state index contributed by atoms with van der Waals surface area (Å²) in [6, 6.07) is 16.2. The van der Waals surface area contributed by atoms with Crippen LogP contribution in [0.3, 0.4) is 0 Å². The maximum absolute atomic E-state index is 11.3. The molecule has 330 valence electrons. The molecule has 0 bridgehead atoms. The lowest BCUT2D eigenvalue weighted by atomic mass is 9.79. The molecule has 2 aromatic carbocycles. The van der Waals surface area contributed by atoms with Crippen LogP contribution >= 0.6 is 15.9 Å². The lowest BCUT2D eigenvalue weighted by Crippen LogP contribution is -2.41. The molecular weight excluding hydrogens is 879 g/mol. The topological polar surface area (TPSA) is 179 Å². The van der Waals surface area contributed by atoms with Gasteiger partial charge in [0, 0.05) is 113 Å². The van der Waals surface area contributed by atoms with Crippen molar-refractivity contribution in [3.8, 4) is 11.3 Å². The first-order valence-corrected chi connectivity index (χ1v) is 21.0. The number of fused-ring (bicyclic) bond motifs is 2. The number of nitrogens with one attached hydrogen (secondary N) is 2. The molecule has 1 aliphatic rings. The van der Waals surface area contributed by atoms with Crippen LogP contribution in [0.2, 0.25) is 0 Å². The summed E-state index contributed by atoms with van der Waals surface area (Å²) in [5.74, 6) is 1.37. The number of rotatable bonds is 10. The Kier molecular flexibility index (Phi) is 13.0. The molecule has 0 unspecified atom stereocenters. The molecule has 9 rings (SSSR count). The number of nitrogens with zero attached hydrogens (tertiary/aromatic N) is 12. The molecule has 2 N–H and O–H groups in total. The molecule has 6 aromatic heterocycles. The number of anilines is 6. The predicted octanol–water partition coefficient (Wildman–Crippen LogP) is 6.59. The van der Waals surface area contributed by atoms with Crippen LogP contribution in [0.4, 0.5) is 34.4 Å². The van der Waals surface area contributed by atoms with E-state index in [0.717, 1.165) is 62.6 Å². The van der Waals surface area contributed by atoms with E-state index in [2.05, 4.69) is 73.7 Å². The van der Waals surface area contributed by atoms with E-state index in [1.807, 2.05) is 118 Å². The molecule has 20 heteroatoms. The fourth-order valence-corrected chi connectivity index (χ4v) is 7.13. The Bertz CT molecular complexity index is 2920. The number of hydrogen-bond acceptors (Lipinski definition) is 14. The third-order valence-electron chi connectivity index (χ3n) is 10.8. The van der Waals surface area contributed by atoms with E-state index in [4.69, 9.17) is 9.31 Å². The van der Waals surface area contributed by atoms with Crippen LogP contribution in [0.25, 0.3) is 22.6 Å². The Morgan fingerprint density at radius 3 is 1.73 bits per heavy atom. The minimum absolute atomic E-state index is 0.367. The van der Waals surface area contributed by atoms with E-state index < -0.39 is 18.3 Å². The van der Waals surface area contributed by atoms with Crippen LogP contribution in [0, 0.1) is 0 Å². The summed E-state index contributed by atoms with van der Waals surface area (Å²) in [5, 5.41) is 14.9. The highest BCUT2D eigenvalue weighted by atomic mass is 79.9. The van der Waals surface area contributed by atoms with Crippen LogP contribution in [0.15, 0.2) is 103 Å². The summed E-state index contributed by atoms with van der Waals surface area (Å²) in [6.45, 7) is 7.90. The van der Waals surface area contributed by atoms with Gasteiger partial charge in [-0.1, -0.05) is 12.1 Å². The lowest BCUT2D eigenvalue weighted by Gasteiger charge is -2.32. The number of aldehydes is 2. The van der Waals surface area contributed by atoms with E-state index in [-0.39, 0.29) is 0 Å². The van der Waals surface area contributed by atoms with Gasteiger partial charge in [0.2, 0.25) is 0 Å². The number of benzene rings is 2. The highest BCUT2D eigenvalue weighted by Gasteiger charge is 2.52. The van der Waals surface area contributed by atoms with Gasteiger partial charge in [-0.15, -0.1) is 0 Å². The Morgan fingerprint density at radius 1 is 0.688 bits per heavy atom. The third-order valence-corrected chi connectivity index (χ3v) is 11.4. The average Bonchev–Trinajstić information content (AvgIpc) is 4.09. The van der Waals surface area contributed by atoms with E-state index in [9.17, 15) is 9.59 Å². The number of aryl methyl sites for hydroxylation is 2. The van der Waals surface area contributed by atoms with Gasteiger partial charge < -0.3 is 29.7 Å². The maximum Gasteiger partial charge on any atom is 0.498 e. The van der Waals surface area contributed by atoms with E-state index in [0.29, 0.717) is 28.3 Å². The van der Waals surface area contributed by atoms with Gasteiger partial charge in [-0.05, 0) is 80.0 Å². The number of carbonyl (C=O) groups is 2. The average molecular weight is 930 g/mol. The van der Waals surface area contributed by atoms with Crippen molar-refractivity contribution in [3.63, 3.8) is 0 Å². The highest BCUT2D eigenvalue weighted by molar-refractivity contribution is 9.10. The zero-order valence-electron chi connectivity index (χ0n) is 37.3. The normalized spacial score (nSPS) is 13.8. The minimum atomic E-state index is -0.533. The summed E-state index contributed by atoms with van der Waals surface area (Å²) in [7, 11) is 11.0. The lowest BCUT2D eigenvalue weighted by molar-refractivity contribution is 0.00578. The van der Waals surface area contributed by atoms with Crippen molar-refractivity contribution in [3.05, 3.63) is 114 Å². The third kappa shape index (κ3) is 9.53. The van der Waals surface area contributed by atoms with Gasteiger partial charge in [-0.3, -0.25) is 27.8 Å². The number of aromatic nitrogens is 10. The molecule has 8 aromatic rings. The molecule has 1 aliphatic heterocycles. The molecule has 64 heavy (non-hydrogen) atoms. The van der Waals surface area contributed by atoms with Crippen molar-refractivity contribution in [1.29, 1.82) is 0 Å². The first-order valence-electron chi connectivity index (χ1n) is 20.2. The molecule has 0 radical (unpaired) electrons. The van der Waals surface area contributed by atoms with Crippen LogP contribution in [-0.2, 0) is 23.4 Å². The molecule has 7 heterocycles. The summed E-state index contributed by atoms with van der Waals surface area (Å²) < 4.78 is 19.7. The highest BCUT2D eigenvalue weighted by Crippen LogP contribution is 2.36. The molecule has 0 atom stereocenters. The Labute approximate surface area is 379 Å². The summed E-state index contributed by atoms with van der Waals surface area (Å²) >= 11 is 3.46. The van der Waals surface area contributed by atoms with Crippen molar-refractivity contribution in [2.75, 3.05) is 48.6 Å². The van der Waals surface area contributed by atoms with Crippen LogP contribution in [0.5, 0.6) is 0 Å². The van der Waals surface area contributed by atoms with E-state index >= 15 is 0 Å². The van der Waals surface area contributed by atoms with E-state index in [1.165, 1.54) is 0 Å². The van der Waals surface area contributed by atoms with Crippen molar-refractivity contribution in [2.24, 2.45) is 14.1 Å². The zero-order chi connectivity index (χ0) is 45.9. The first-order chi connectivity index (χ1) is 30.5. The quantitative estimate of drug-likeness (QED) is 0.111. The van der Waals surface area contributed by atoms with Crippen LogP contribution in [0.1, 0.15) is 48.7 Å². The molecule has 0 amide bonds. The maximum atomic E-state index is 11.3. The predicted molar refractivity (Wildman–Crippen MR) is 254 cm³/mol. The first kappa shape index (κ1) is 45.1. The largest absolute Gasteiger partial charge is 0.498 e. The number of hydrogen-bond donors (Lipinski definition) is 2. The summed E-state index contributed by atoms with van der Waals surface area (Å²) in [4.78, 5) is 44.0. The van der Waals surface area contributed by atoms with Crippen LogP contribution < -0.4 is 25.9 Å².